The number of hydrogen-bond donors (Lipinski definition) is 1. The third kappa shape index (κ3) is 5.22. The van der Waals surface area contributed by atoms with Crippen LogP contribution in [0.15, 0.2) is 11.6 Å². The Morgan fingerprint density at radius 3 is 2.69 bits per heavy atom. The summed E-state index contributed by atoms with van der Waals surface area (Å²) in [5, 5.41) is 3.19. The predicted octanol–water partition coefficient (Wildman–Crippen LogP) is 3.39. The van der Waals surface area contributed by atoms with Crippen LogP contribution < -0.4 is 5.32 Å². The first kappa shape index (κ1) is 22.7. The highest BCUT2D eigenvalue weighted by molar-refractivity contribution is 5.71. The fourth-order valence-corrected chi connectivity index (χ4v) is 4.97. The third-order valence-corrected chi connectivity index (χ3v) is 6.75. The van der Waals surface area contributed by atoms with E-state index in [4.69, 9.17) is 18.9 Å². The smallest absolute Gasteiger partial charge is 0.320 e. The average Bonchev–Trinajstić information content (AvgIpc) is 3.59. The van der Waals surface area contributed by atoms with Crippen molar-refractivity contribution >= 4 is 5.97 Å². The second-order valence-electron chi connectivity index (χ2n) is 9.29. The highest BCUT2D eigenvalue weighted by Gasteiger charge is 2.72. The van der Waals surface area contributed by atoms with Gasteiger partial charge in [0.25, 0.3) is 0 Å². The van der Waals surface area contributed by atoms with Gasteiger partial charge in [0.15, 0.2) is 0 Å². The largest absolute Gasteiger partial charge is 0.459 e. The first-order valence-corrected chi connectivity index (χ1v) is 11.2. The van der Waals surface area contributed by atoms with E-state index in [1.165, 1.54) is 18.4 Å². The molecule has 29 heavy (non-hydrogen) atoms. The van der Waals surface area contributed by atoms with Crippen LogP contribution in [0.5, 0.6) is 0 Å². The molecule has 1 N–H and O–H groups in total. The topological polar surface area (TPSA) is 72.6 Å². The number of hydrogen-bond acceptors (Lipinski definition) is 6. The second-order valence-corrected chi connectivity index (χ2v) is 9.29. The molecule has 0 bridgehead atoms. The Balaban J connectivity index is 1.60. The third-order valence-electron chi connectivity index (χ3n) is 6.75. The molecule has 3 aliphatic rings. The van der Waals surface area contributed by atoms with Crippen molar-refractivity contribution in [1.29, 1.82) is 0 Å². The Morgan fingerprint density at radius 2 is 2.07 bits per heavy atom. The molecule has 2 saturated heterocycles. The lowest BCUT2D eigenvalue weighted by molar-refractivity contribution is -0.170. The lowest BCUT2D eigenvalue weighted by atomic mass is 9.68. The number of rotatable bonds is 11. The molecule has 1 aliphatic carbocycles. The van der Waals surface area contributed by atoms with Gasteiger partial charge in [-0.05, 0) is 53.0 Å². The maximum absolute atomic E-state index is 12.4. The minimum atomic E-state index is -0.299. The molecule has 6 nitrogen and oxygen atoms in total. The molecule has 1 spiro atoms. The first-order chi connectivity index (χ1) is 13.9. The molecule has 6 unspecified atom stereocenters. The fourth-order valence-electron chi connectivity index (χ4n) is 4.97. The van der Waals surface area contributed by atoms with E-state index in [0.717, 1.165) is 38.8 Å². The standard InChI is InChI=1S/C23H39NO5/c1-6-7-8-13-24-14-19(25)28-17-11-12-23(15-27-23)21(20(17)26-5)22(4)18(29-22)10-9-16(2)3/h9,17-18,20-21,24H,6-8,10-15H2,1-5H3. The Morgan fingerprint density at radius 1 is 1.31 bits per heavy atom. The van der Waals surface area contributed by atoms with Gasteiger partial charge in [0.05, 0.1) is 25.2 Å². The molecule has 0 amide bonds. The zero-order valence-corrected chi connectivity index (χ0v) is 18.8. The molecule has 0 radical (unpaired) electrons. The number of esters is 1. The van der Waals surface area contributed by atoms with Crippen molar-refractivity contribution in [2.45, 2.75) is 95.7 Å². The van der Waals surface area contributed by atoms with Crippen LogP contribution in [-0.4, -0.2) is 62.3 Å². The molecular weight excluding hydrogens is 370 g/mol. The molecule has 3 fully saturated rings. The van der Waals surface area contributed by atoms with E-state index in [1.54, 1.807) is 7.11 Å². The Hall–Kier alpha value is -0.950. The number of nitrogens with one attached hydrogen (secondary N) is 1. The molecular formula is C23H39NO5. The van der Waals surface area contributed by atoms with E-state index in [-0.39, 0.29) is 47.9 Å². The van der Waals surface area contributed by atoms with Crippen LogP contribution in [-0.2, 0) is 23.7 Å². The van der Waals surface area contributed by atoms with E-state index in [9.17, 15) is 4.79 Å². The van der Waals surface area contributed by atoms with Crippen molar-refractivity contribution in [2.75, 3.05) is 26.8 Å². The van der Waals surface area contributed by atoms with Gasteiger partial charge in [0.2, 0.25) is 0 Å². The summed E-state index contributed by atoms with van der Waals surface area (Å²) >= 11 is 0. The summed E-state index contributed by atoms with van der Waals surface area (Å²) in [4.78, 5) is 12.4. The van der Waals surface area contributed by atoms with Gasteiger partial charge in [-0.1, -0.05) is 31.4 Å². The predicted molar refractivity (Wildman–Crippen MR) is 112 cm³/mol. The van der Waals surface area contributed by atoms with Crippen molar-refractivity contribution < 1.29 is 23.7 Å². The molecule has 0 aromatic heterocycles. The Bertz CT molecular complexity index is 598. The Labute approximate surface area is 175 Å². The number of unbranched alkanes of at least 4 members (excludes halogenated alkanes) is 2. The normalized spacial score (nSPS) is 38.0. The van der Waals surface area contributed by atoms with Gasteiger partial charge < -0.3 is 24.3 Å². The van der Waals surface area contributed by atoms with Gasteiger partial charge >= 0.3 is 5.97 Å². The zero-order chi connectivity index (χ0) is 21.1. The average molecular weight is 410 g/mol. The molecule has 6 heteroatoms. The molecule has 166 valence electrons. The highest BCUT2D eigenvalue weighted by atomic mass is 16.6. The van der Waals surface area contributed by atoms with E-state index in [1.807, 2.05) is 0 Å². The molecule has 6 atom stereocenters. The summed E-state index contributed by atoms with van der Waals surface area (Å²) < 4.78 is 23.9. The molecule has 1 saturated carbocycles. The first-order valence-electron chi connectivity index (χ1n) is 11.2. The van der Waals surface area contributed by atoms with Gasteiger partial charge in [-0.25, -0.2) is 0 Å². The molecule has 0 aromatic carbocycles. The van der Waals surface area contributed by atoms with Gasteiger partial charge in [0.1, 0.15) is 23.4 Å². The van der Waals surface area contributed by atoms with Crippen molar-refractivity contribution in [2.24, 2.45) is 5.92 Å². The summed E-state index contributed by atoms with van der Waals surface area (Å²) in [6, 6.07) is 0. The van der Waals surface area contributed by atoms with E-state index < -0.39 is 0 Å². The summed E-state index contributed by atoms with van der Waals surface area (Å²) in [5.41, 5.74) is 0.814. The summed E-state index contributed by atoms with van der Waals surface area (Å²) in [5.74, 6) is -0.137. The van der Waals surface area contributed by atoms with Gasteiger partial charge in [-0.15, -0.1) is 0 Å². The molecule has 0 aromatic rings. The van der Waals surface area contributed by atoms with Crippen LogP contribution in [0.3, 0.4) is 0 Å². The van der Waals surface area contributed by atoms with E-state index in [0.29, 0.717) is 0 Å². The van der Waals surface area contributed by atoms with Crippen LogP contribution in [0, 0.1) is 5.92 Å². The van der Waals surface area contributed by atoms with Crippen molar-refractivity contribution in [3.8, 4) is 0 Å². The quantitative estimate of drug-likeness (QED) is 0.244. The monoisotopic (exact) mass is 409 g/mol. The van der Waals surface area contributed by atoms with Gasteiger partial charge in [0, 0.05) is 7.11 Å². The van der Waals surface area contributed by atoms with Gasteiger partial charge in [-0.3, -0.25) is 4.79 Å². The number of epoxide rings is 2. The highest BCUT2D eigenvalue weighted by Crippen LogP contribution is 2.59. The zero-order valence-electron chi connectivity index (χ0n) is 18.8. The van der Waals surface area contributed by atoms with E-state index in [2.05, 4.69) is 39.1 Å². The fraction of sp³-hybridized carbons (Fsp3) is 0.870. The lowest BCUT2D eigenvalue weighted by Gasteiger charge is -2.42. The second kappa shape index (κ2) is 9.46. The van der Waals surface area contributed by atoms with Crippen LogP contribution in [0.4, 0.5) is 0 Å². The number of carbonyl (C=O) groups is 1. The maximum Gasteiger partial charge on any atom is 0.320 e. The molecule has 2 heterocycles. The van der Waals surface area contributed by atoms with Crippen LogP contribution in [0.1, 0.15) is 66.2 Å². The van der Waals surface area contributed by atoms with Crippen LogP contribution in [0.2, 0.25) is 0 Å². The van der Waals surface area contributed by atoms with Crippen molar-refractivity contribution in [3.05, 3.63) is 11.6 Å². The number of allylic oxidation sites excluding steroid dienone is 1. The summed E-state index contributed by atoms with van der Waals surface area (Å²) in [7, 11) is 1.71. The van der Waals surface area contributed by atoms with Gasteiger partial charge in [-0.2, -0.15) is 0 Å². The minimum Gasteiger partial charge on any atom is -0.459 e. The molecule has 2 aliphatic heterocycles. The van der Waals surface area contributed by atoms with Crippen LogP contribution >= 0.6 is 0 Å². The molecule has 3 rings (SSSR count). The Kier molecular flexibility index (Phi) is 7.41. The van der Waals surface area contributed by atoms with Crippen molar-refractivity contribution in [3.63, 3.8) is 0 Å². The number of ether oxygens (including phenoxy) is 4. The van der Waals surface area contributed by atoms with Crippen LogP contribution in [0.25, 0.3) is 0 Å². The number of methoxy groups -OCH3 is 1. The maximum atomic E-state index is 12.4. The SMILES string of the molecule is CCCCCNCC(=O)OC1CCC2(CO2)C(C2(C)OC2CC=C(C)C)C1OC. The summed E-state index contributed by atoms with van der Waals surface area (Å²) in [6.45, 7) is 10.4. The number of carbonyl (C=O) groups excluding carboxylic acids is 1. The summed E-state index contributed by atoms with van der Waals surface area (Å²) in [6.07, 6.45) is 7.90. The van der Waals surface area contributed by atoms with E-state index >= 15 is 0 Å². The van der Waals surface area contributed by atoms with Crippen molar-refractivity contribution in [1.82, 2.24) is 5.32 Å². The lowest BCUT2D eigenvalue weighted by Crippen LogP contribution is -2.56. The minimum absolute atomic E-state index is 0.0691.